The number of benzene rings is 1. The molecule has 0 radical (unpaired) electrons. The summed E-state index contributed by atoms with van der Waals surface area (Å²) < 4.78 is 1.97. The van der Waals surface area contributed by atoms with Crippen LogP contribution in [0.3, 0.4) is 0 Å². The molecule has 0 saturated heterocycles. The Morgan fingerprint density at radius 2 is 2.12 bits per heavy atom. The van der Waals surface area contributed by atoms with Crippen molar-refractivity contribution in [1.29, 1.82) is 0 Å². The van der Waals surface area contributed by atoms with Crippen LogP contribution in [0.1, 0.15) is 12.6 Å². The quantitative estimate of drug-likeness (QED) is 0.730. The molecule has 0 spiro atoms. The Labute approximate surface area is 99.3 Å². The van der Waals surface area contributed by atoms with Gasteiger partial charge in [0.2, 0.25) is 0 Å². The average Bonchev–Trinajstić information content (AvgIpc) is 2.91. The van der Waals surface area contributed by atoms with E-state index in [-0.39, 0.29) is 0 Å². The minimum Gasteiger partial charge on any atom is -0.337 e. The lowest BCUT2D eigenvalue weighted by atomic mass is 10.3. The number of H-pyrrole nitrogens is 1. The summed E-state index contributed by atoms with van der Waals surface area (Å²) in [5, 5.41) is 4.43. The van der Waals surface area contributed by atoms with E-state index < -0.39 is 0 Å². The van der Waals surface area contributed by atoms with E-state index in [2.05, 4.69) is 28.1 Å². The summed E-state index contributed by atoms with van der Waals surface area (Å²) in [7, 11) is 0. The molecule has 0 atom stereocenters. The molecule has 4 nitrogen and oxygen atoms in total. The smallest absolute Gasteiger partial charge is 0.156 e. The van der Waals surface area contributed by atoms with Gasteiger partial charge in [-0.05, 0) is 32.0 Å². The molecular formula is C13H14N4. The lowest BCUT2D eigenvalue weighted by Crippen LogP contribution is -1.99. The first kappa shape index (κ1) is 10.1. The zero-order valence-corrected chi connectivity index (χ0v) is 9.94. The van der Waals surface area contributed by atoms with Gasteiger partial charge in [0.25, 0.3) is 0 Å². The number of imidazole rings is 1. The van der Waals surface area contributed by atoms with Gasteiger partial charge < -0.3 is 4.98 Å². The van der Waals surface area contributed by atoms with Gasteiger partial charge in [-0.25, -0.2) is 4.98 Å². The Kier molecular flexibility index (Phi) is 2.21. The number of para-hydroxylation sites is 2. The second-order valence-electron chi connectivity index (χ2n) is 4.09. The van der Waals surface area contributed by atoms with Crippen LogP contribution >= 0.6 is 0 Å². The summed E-state index contributed by atoms with van der Waals surface area (Å²) in [5.74, 6) is 0.883. The van der Waals surface area contributed by atoms with Crippen molar-refractivity contribution in [3.8, 4) is 11.5 Å². The highest BCUT2D eigenvalue weighted by Crippen LogP contribution is 2.21. The Morgan fingerprint density at radius 3 is 2.88 bits per heavy atom. The van der Waals surface area contributed by atoms with Crippen LogP contribution in [0.5, 0.6) is 0 Å². The molecule has 2 heterocycles. The number of fused-ring (bicyclic) bond motifs is 1. The van der Waals surface area contributed by atoms with Gasteiger partial charge in [-0.3, -0.25) is 4.68 Å². The van der Waals surface area contributed by atoms with Crippen molar-refractivity contribution in [2.45, 2.75) is 20.4 Å². The molecule has 0 fully saturated rings. The SMILES string of the molecule is CCn1nc(C)cc1-c1nc2ccccc2[nH]1. The lowest BCUT2D eigenvalue weighted by molar-refractivity contribution is 0.658. The molecule has 0 saturated carbocycles. The maximum Gasteiger partial charge on any atom is 0.156 e. The topological polar surface area (TPSA) is 46.5 Å². The van der Waals surface area contributed by atoms with Gasteiger partial charge in [0.05, 0.1) is 16.7 Å². The zero-order valence-electron chi connectivity index (χ0n) is 9.94. The van der Waals surface area contributed by atoms with Gasteiger partial charge >= 0.3 is 0 Å². The number of aryl methyl sites for hydroxylation is 2. The maximum absolute atomic E-state index is 4.59. The first-order valence-corrected chi connectivity index (χ1v) is 5.77. The Morgan fingerprint density at radius 1 is 1.29 bits per heavy atom. The minimum atomic E-state index is 0.847. The summed E-state index contributed by atoms with van der Waals surface area (Å²) in [6.45, 7) is 4.93. The van der Waals surface area contributed by atoms with Crippen LogP contribution < -0.4 is 0 Å². The van der Waals surface area contributed by atoms with Gasteiger partial charge in [0.1, 0.15) is 5.69 Å². The van der Waals surface area contributed by atoms with E-state index in [1.54, 1.807) is 0 Å². The van der Waals surface area contributed by atoms with Crippen LogP contribution in [-0.2, 0) is 6.54 Å². The van der Waals surface area contributed by atoms with Gasteiger partial charge in [-0.2, -0.15) is 5.10 Å². The van der Waals surface area contributed by atoms with Crippen LogP contribution in [0.25, 0.3) is 22.6 Å². The molecule has 0 aliphatic heterocycles. The third-order valence-corrected chi connectivity index (χ3v) is 2.83. The van der Waals surface area contributed by atoms with E-state index in [0.29, 0.717) is 0 Å². The van der Waals surface area contributed by atoms with Crippen molar-refractivity contribution >= 4 is 11.0 Å². The van der Waals surface area contributed by atoms with Gasteiger partial charge in [-0.1, -0.05) is 12.1 Å². The third-order valence-electron chi connectivity index (χ3n) is 2.83. The maximum atomic E-state index is 4.59. The molecule has 17 heavy (non-hydrogen) atoms. The highest BCUT2D eigenvalue weighted by Gasteiger charge is 2.10. The lowest BCUT2D eigenvalue weighted by Gasteiger charge is -1.99. The van der Waals surface area contributed by atoms with Crippen molar-refractivity contribution in [2.75, 3.05) is 0 Å². The van der Waals surface area contributed by atoms with Crippen molar-refractivity contribution in [3.05, 3.63) is 36.0 Å². The van der Waals surface area contributed by atoms with E-state index in [0.717, 1.165) is 34.8 Å². The molecule has 1 N–H and O–H groups in total. The fraction of sp³-hybridized carbons (Fsp3) is 0.231. The monoisotopic (exact) mass is 226 g/mol. The molecule has 0 aliphatic rings. The molecule has 4 heteroatoms. The van der Waals surface area contributed by atoms with Crippen LogP contribution in [0.4, 0.5) is 0 Å². The second-order valence-corrected chi connectivity index (χ2v) is 4.09. The number of aromatic nitrogens is 4. The number of hydrogen-bond acceptors (Lipinski definition) is 2. The molecule has 0 aliphatic carbocycles. The van der Waals surface area contributed by atoms with Gasteiger partial charge in [0, 0.05) is 6.54 Å². The van der Waals surface area contributed by atoms with E-state index in [1.165, 1.54) is 0 Å². The first-order chi connectivity index (χ1) is 8.28. The van der Waals surface area contributed by atoms with E-state index >= 15 is 0 Å². The molecule has 86 valence electrons. The minimum absolute atomic E-state index is 0.847. The summed E-state index contributed by atoms with van der Waals surface area (Å²) >= 11 is 0. The van der Waals surface area contributed by atoms with Crippen molar-refractivity contribution in [1.82, 2.24) is 19.7 Å². The Bertz CT molecular complexity index is 630. The largest absolute Gasteiger partial charge is 0.337 e. The van der Waals surface area contributed by atoms with E-state index in [4.69, 9.17) is 0 Å². The number of hydrogen-bond donors (Lipinski definition) is 1. The zero-order chi connectivity index (χ0) is 11.8. The summed E-state index contributed by atoms with van der Waals surface area (Å²) in [6.07, 6.45) is 0. The number of aromatic amines is 1. The second kappa shape index (κ2) is 3.73. The molecule has 2 aromatic heterocycles. The predicted octanol–water partition coefficient (Wildman–Crippen LogP) is 2.75. The van der Waals surface area contributed by atoms with Crippen molar-refractivity contribution in [3.63, 3.8) is 0 Å². The molecule has 3 aromatic rings. The molecule has 0 unspecified atom stereocenters. The first-order valence-electron chi connectivity index (χ1n) is 5.77. The number of nitrogens with one attached hydrogen (secondary N) is 1. The highest BCUT2D eigenvalue weighted by atomic mass is 15.3. The fourth-order valence-corrected chi connectivity index (χ4v) is 2.05. The standard InChI is InChI=1S/C13H14N4/c1-3-17-12(8-9(2)16-17)13-14-10-6-4-5-7-11(10)15-13/h4-8H,3H2,1-2H3,(H,14,15). The van der Waals surface area contributed by atoms with Crippen LogP contribution in [-0.4, -0.2) is 19.7 Å². The molecule has 0 bridgehead atoms. The third kappa shape index (κ3) is 1.62. The van der Waals surface area contributed by atoms with Gasteiger partial charge in [-0.15, -0.1) is 0 Å². The molecule has 3 rings (SSSR count). The number of rotatable bonds is 2. The number of nitrogens with zero attached hydrogens (tertiary/aromatic N) is 3. The average molecular weight is 226 g/mol. The fourth-order valence-electron chi connectivity index (χ4n) is 2.05. The van der Waals surface area contributed by atoms with E-state index in [9.17, 15) is 0 Å². The van der Waals surface area contributed by atoms with Crippen molar-refractivity contribution in [2.24, 2.45) is 0 Å². The molecule has 1 aromatic carbocycles. The summed E-state index contributed by atoms with van der Waals surface area (Å²) in [4.78, 5) is 7.92. The normalized spacial score (nSPS) is 11.2. The van der Waals surface area contributed by atoms with Crippen LogP contribution in [0, 0.1) is 6.92 Å². The van der Waals surface area contributed by atoms with Crippen LogP contribution in [0.15, 0.2) is 30.3 Å². The van der Waals surface area contributed by atoms with Gasteiger partial charge in [0.15, 0.2) is 5.82 Å². The molecular weight excluding hydrogens is 212 g/mol. The summed E-state index contributed by atoms with van der Waals surface area (Å²) in [6, 6.07) is 10.1. The Hall–Kier alpha value is -2.10. The summed E-state index contributed by atoms with van der Waals surface area (Å²) in [5.41, 5.74) is 4.11. The molecule has 0 amide bonds. The Balaban J connectivity index is 2.19. The van der Waals surface area contributed by atoms with E-state index in [1.807, 2.05) is 35.9 Å². The van der Waals surface area contributed by atoms with Crippen molar-refractivity contribution < 1.29 is 0 Å². The predicted molar refractivity (Wildman–Crippen MR) is 67.7 cm³/mol. The van der Waals surface area contributed by atoms with Crippen LogP contribution in [0.2, 0.25) is 0 Å². The highest BCUT2D eigenvalue weighted by molar-refractivity contribution is 5.78.